The van der Waals surface area contributed by atoms with Gasteiger partial charge in [0.2, 0.25) is 5.91 Å². The van der Waals surface area contributed by atoms with E-state index in [1.165, 1.54) is 0 Å². The zero-order valence-corrected chi connectivity index (χ0v) is 22.7. The normalized spacial score (nSPS) is 45.3. The molecule has 0 saturated carbocycles. The van der Waals surface area contributed by atoms with E-state index in [4.69, 9.17) is 28.8 Å². The lowest BCUT2D eigenvalue weighted by Crippen LogP contribution is -2.68. The van der Waals surface area contributed by atoms with Crippen molar-refractivity contribution in [3.63, 3.8) is 0 Å². The van der Waals surface area contributed by atoms with Crippen molar-refractivity contribution in [3.8, 4) is 0 Å². The highest BCUT2D eigenvalue weighted by atomic mass is 16.7. The van der Waals surface area contributed by atoms with Crippen LogP contribution in [0.1, 0.15) is 13.3 Å². The predicted octanol–water partition coefficient (Wildman–Crippen LogP) is -8.22. The van der Waals surface area contributed by atoms with Gasteiger partial charge < -0.3 is 90.3 Å². The molecule has 3 rings (SSSR count). The molecule has 20 nitrogen and oxygen atoms in total. The highest BCUT2D eigenvalue weighted by Gasteiger charge is 2.57. The summed E-state index contributed by atoms with van der Waals surface area (Å²) in [4.78, 5) is 24.0. The van der Waals surface area contributed by atoms with Crippen LogP contribution in [0.2, 0.25) is 0 Å². The second-order valence-electron chi connectivity index (χ2n) is 10.5. The number of carboxylic acid groups (broad SMARTS) is 1. The summed E-state index contributed by atoms with van der Waals surface area (Å²) in [6, 6.07) is -1.56. The first-order chi connectivity index (χ1) is 20.1. The van der Waals surface area contributed by atoms with E-state index in [1.54, 1.807) is 0 Å². The summed E-state index contributed by atoms with van der Waals surface area (Å²) < 4.78 is 26.8. The molecule has 20 heteroatoms. The first kappa shape index (κ1) is 35.8. The summed E-state index contributed by atoms with van der Waals surface area (Å²) in [5, 5.41) is 123. The molecular formula is C23H39NO19. The van der Waals surface area contributed by atoms with E-state index >= 15 is 0 Å². The van der Waals surface area contributed by atoms with E-state index in [0.717, 1.165) is 6.92 Å². The van der Waals surface area contributed by atoms with Crippen molar-refractivity contribution in [2.45, 2.75) is 111 Å². The van der Waals surface area contributed by atoms with Crippen molar-refractivity contribution in [1.29, 1.82) is 0 Å². The Labute approximate surface area is 243 Å². The van der Waals surface area contributed by atoms with E-state index < -0.39 is 136 Å². The summed E-state index contributed by atoms with van der Waals surface area (Å²) in [7, 11) is 0. The Hall–Kier alpha value is -1.70. The molecule has 250 valence electrons. The number of carboxylic acids is 1. The Bertz CT molecular complexity index is 942. The number of amides is 1. The molecular weight excluding hydrogens is 594 g/mol. The molecule has 0 aliphatic carbocycles. The molecule has 13 N–H and O–H groups in total. The van der Waals surface area contributed by atoms with Crippen molar-refractivity contribution in [2.75, 3.05) is 19.8 Å². The number of carbonyl (C=O) groups excluding carboxylic acids is 1. The lowest BCUT2D eigenvalue weighted by molar-refractivity contribution is -0.355. The van der Waals surface area contributed by atoms with Crippen LogP contribution in [-0.4, -0.2) is 191 Å². The van der Waals surface area contributed by atoms with Crippen LogP contribution < -0.4 is 5.32 Å². The summed E-state index contributed by atoms with van der Waals surface area (Å²) in [5.41, 5.74) is 0. The van der Waals surface area contributed by atoms with Crippen LogP contribution >= 0.6 is 0 Å². The number of hydrogen-bond acceptors (Lipinski definition) is 18. The number of carbonyl (C=O) groups is 2. The van der Waals surface area contributed by atoms with Gasteiger partial charge >= 0.3 is 5.97 Å². The van der Waals surface area contributed by atoms with E-state index in [1.807, 2.05) is 0 Å². The quantitative estimate of drug-likeness (QED) is 0.100. The van der Waals surface area contributed by atoms with Gasteiger partial charge in [0.25, 0.3) is 5.79 Å². The number of rotatable bonds is 11. The van der Waals surface area contributed by atoms with E-state index in [9.17, 15) is 65.8 Å². The van der Waals surface area contributed by atoms with Gasteiger partial charge in [-0.2, -0.15) is 0 Å². The molecule has 3 heterocycles. The zero-order chi connectivity index (χ0) is 32.4. The van der Waals surface area contributed by atoms with Crippen molar-refractivity contribution >= 4 is 11.9 Å². The van der Waals surface area contributed by atoms with E-state index in [2.05, 4.69) is 5.32 Å². The predicted molar refractivity (Wildman–Crippen MR) is 130 cm³/mol. The van der Waals surface area contributed by atoms with Gasteiger partial charge in [0.15, 0.2) is 12.6 Å². The van der Waals surface area contributed by atoms with Gasteiger partial charge in [-0.1, -0.05) is 0 Å². The molecule has 0 radical (unpaired) electrons. The second-order valence-corrected chi connectivity index (χ2v) is 10.5. The topological polar surface area (TPSA) is 335 Å². The van der Waals surface area contributed by atoms with Crippen LogP contribution in [0.15, 0.2) is 0 Å². The third-order valence-electron chi connectivity index (χ3n) is 7.46. The number of ether oxygens (including phenoxy) is 5. The van der Waals surface area contributed by atoms with Gasteiger partial charge in [0.05, 0.1) is 25.9 Å². The first-order valence-corrected chi connectivity index (χ1v) is 13.2. The minimum atomic E-state index is -2.84. The van der Waals surface area contributed by atoms with Crippen LogP contribution in [0, 0.1) is 0 Å². The van der Waals surface area contributed by atoms with Crippen LogP contribution in [-0.2, 0) is 33.3 Å². The molecule has 3 saturated heterocycles. The Morgan fingerprint density at radius 1 is 0.930 bits per heavy atom. The van der Waals surface area contributed by atoms with Gasteiger partial charge in [0.1, 0.15) is 73.2 Å². The first-order valence-electron chi connectivity index (χ1n) is 13.2. The largest absolute Gasteiger partial charge is 0.477 e. The lowest BCUT2D eigenvalue weighted by atomic mass is 9.90. The maximum atomic E-state index is 12.2. The Morgan fingerprint density at radius 3 is 2.14 bits per heavy atom. The minimum absolute atomic E-state index is 0.736. The molecule has 0 aromatic rings. The molecule has 0 aromatic heterocycles. The minimum Gasteiger partial charge on any atom is -0.477 e. The smallest absolute Gasteiger partial charge is 0.364 e. The fourth-order valence-corrected chi connectivity index (χ4v) is 5.02. The maximum Gasteiger partial charge on any atom is 0.364 e. The Balaban J connectivity index is 1.84. The van der Waals surface area contributed by atoms with Gasteiger partial charge in [-0.15, -0.1) is 0 Å². The highest BCUT2D eigenvalue weighted by Crippen LogP contribution is 2.35. The van der Waals surface area contributed by atoms with Crippen molar-refractivity contribution in [1.82, 2.24) is 5.32 Å². The SMILES string of the molecule is CC(=O)N[C@@H]1[C@@H](O[C@H]2O[C@H](CO)[C@H](O)[C@H](O)[C@H]2O)[C@@H](O)[C@@H](CO[C@]2(C(=O)O)C[C@H](O)[C@@H](O)[C@H]([C@H](O)[C@H](O)CO)O2)O[C@H]1O. The number of aliphatic hydroxyl groups is 11. The Morgan fingerprint density at radius 2 is 1.58 bits per heavy atom. The molecule has 3 aliphatic rings. The van der Waals surface area contributed by atoms with E-state index in [0.29, 0.717) is 0 Å². The Kier molecular flexibility index (Phi) is 12.1. The summed E-state index contributed by atoms with van der Waals surface area (Å²) >= 11 is 0. The van der Waals surface area contributed by atoms with Crippen molar-refractivity contribution < 1.29 is 94.6 Å². The average molecular weight is 634 g/mol. The molecule has 0 bridgehead atoms. The van der Waals surface area contributed by atoms with Crippen LogP contribution in [0.5, 0.6) is 0 Å². The summed E-state index contributed by atoms with van der Waals surface area (Å²) in [6.07, 6.45) is -27.0. The third-order valence-corrected chi connectivity index (χ3v) is 7.46. The monoisotopic (exact) mass is 633 g/mol. The molecule has 0 unspecified atom stereocenters. The van der Waals surface area contributed by atoms with Gasteiger partial charge in [-0.05, 0) is 0 Å². The van der Waals surface area contributed by atoms with Crippen molar-refractivity contribution in [2.24, 2.45) is 0 Å². The number of hydrogen-bond donors (Lipinski definition) is 13. The highest BCUT2D eigenvalue weighted by molar-refractivity contribution is 5.76. The average Bonchev–Trinajstić information content (AvgIpc) is 2.96. The summed E-state index contributed by atoms with van der Waals surface area (Å²) in [6.45, 7) is -1.75. The maximum absolute atomic E-state index is 12.2. The number of aliphatic carboxylic acids is 1. The number of nitrogens with one attached hydrogen (secondary N) is 1. The molecule has 16 atom stereocenters. The van der Waals surface area contributed by atoms with Gasteiger partial charge in [-0.3, -0.25) is 4.79 Å². The summed E-state index contributed by atoms with van der Waals surface area (Å²) in [5.74, 6) is -5.46. The van der Waals surface area contributed by atoms with Crippen molar-refractivity contribution in [3.05, 3.63) is 0 Å². The van der Waals surface area contributed by atoms with Crippen LogP contribution in [0.4, 0.5) is 0 Å². The van der Waals surface area contributed by atoms with Crippen LogP contribution in [0.3, 0.4) is 0 Å². The van der Waals surface area contributed by atoms with Gasteiger partial charge in [0, 0.05) is 13.3 Å². The third kappa shape index (κ3) is 7.58. The molecule has 0 spiro atoms. The molecule has 0 aromatic carbocycles. The molecule has 43 heavy (non-hydrogen) atoms. The second kappa shape index (κ2) is 14.6. The van der Waals surface area contributed by atoms with Gasteiger partial charge in [-0.25, -0.2) is 4.79 Å². The molecule has 3 fully saturated rings. The fraction of sp³-hybridized carbons (Fsp3) is 0.913. The van der Waals surface area contributed by atoms with E-state index in [-0.39, 0.29) is 0 Å². The zero-order valence-electron chi connectivity index (χ0n) is 22.7. The number of aliphatic hydroxyl groups excluding tert-OH is 11. The molecule has 3 aliphatic heterocycles. The fourth-order valence-electron chi connectivity index (χ4n) is 5.02. The molecule has 1 amide bonds. The standard InChI is InChI=1S/C23H39NO19/c1-6(27)24-11-18(42-21-17(35)16(34)14(32)9(4-26)41-21)15(33)10(40-20(11)36)5-39-23(22(37)38)2-7(28)12(30)19(43-23)13(31)8(29)3-25/h7-21,25-26,28-36H,2-5H2,1H3,(H,24,27)(H,37,38)/t7-,8+,9+,10+,11+,12+,13+,14-,15-,16-,17+,18+,19+,20+,21+,23+/m0/s1. The van der Waals surface area contributed by atoms with Crippen LogP contribution in [0.25, 0.3) is 0 Å². The lowest BCUT2D eigenvalue weighted by Gasteiger charge is -2.48.